The van der Waals surface area contributed by atoms with Gasteiger partial charge in [0.1, 0.15) is 0 Å². The van der Waals surface area contributed by atoms with E-state index in [9.17, 15) is 13.2 Å². The fourth-order valence-corrected chi connectivity index (χ4v) is 1.46. The lowest BCUT2D eigenvalue weighted by Gasteiger charge is -2.03. The van der Waals surface area contributed by atoms with E-state index in [0.717, 1.165) is 12.8 Å². The Morgan fingerprint density at radius 2 is 2.08 bits per heavy atom. The van der Waals surface area contributed by atoms with Crippen LogP contribution in [0.4, 0.5) is 4.79 Å². The van der Waals surface area contributed by atoms with E-state index in [1.54, 1.807) is 0 Å². The van der Waals surface area contributed by atoms with Gasteiger partial charge in [0.05, 0.1) is 0 Å². The van der Waals surface area contributed by atoms with E-state index in [2.05, 4.69) is 4.72 Å². The maximum absolute atomic E-state index is 10.8. The average Bonchev–Trinajstić information content (AvgIpc) is 2.62. The molecule has 0 aliphatic heterocycles. The van der Waals surface area contributed by atoms with Gasteiger partial charge in [0.25, 0.3) is 0 Å². The lowest BCUT2D eigenvalue weighted by atomic mass is 10.4. The second kappa shape index (κ2) is 3.28. The minimum atomic E-state index is -3.84. The second-order valence-electron chi connectivity index (χ2n) is 2.70. The number of carboxylic acid groups (broad SMARTS) is 1. The summed E-state index contributed by atoms with van der Waals surface area (Å²) >= 11 is 0. The molecule has 1 aliphatic rings. The predicted octanol–water partition coefficient (Wildman–Crippen LogP) is -0.502. The number of hydrogen-bond donors (Lipinski definition) is 3. The third-order valence-electron chi connectivity index (χ3n) is 1.48. The summed E-state index contributed by atoms with van der Waals surface area (Å²) in [6.45, 7) is 0.322. The molecule has 0 aromatic rings. The number of amides is 1. The van der Waals surface area contributed by atoms with Crippen molar-refractivity contribution in [3.63, 3.8) is 0 Å². The molecule has 6 nitrogen and oxygen atoms in total. The van der Waals surface area contributed by atoms with Gasteiger partial charge in [-0.15, -0.1) is 0 Å². The molecular formula is C5H10N2O4S. The van der Waals surface area contributed by atoms with Gasteiger partial charge in [0.2, 0.25) is 0 Å². The van der Waals surface area contributed by atoms with Crippen molar-refractivity contribution < 1.29 is 18.3 Å². The molecule has 0 heterocycles. The van der Waals surface area contributed by atoms with Crippen LogP contribution >= 0.6 is 0 Å². The van der Waals surface area contributed by atoms with Crippen molar-refractivity contribution >= 4 is 16.3 Å². The molecule has 1 saturated carbocycles. The van der Waals surface area contributed by atoms with Gasteiger partial charge >= 0.3 is 16.3 Å². The first-order valence-electron chi connectivity index (χ1n) is 3.50. The summed E-state index contributed by atoms with van der Waals surface area (Å²) in [5.41, 5.74) is 0. The van der Waals surface area contributed by atoms with Gasteiger partial charge in [-0.25, -0.2) is 9.52 Å². The van der Waals surface area contributed by atoms with Crippen LogP contribution < -0.4 is 9.44 Å². The van der Waals surface area contributed by atoms with Crippen LogP contribution in [0, 0.1) is 5.92 Å². The molecule has 1 rings (SSSR count). The van der Waals surface area contributed by atoms with Gasteiger partial charge in [-0.1, -0.05) is 0 Å². The number of carbonyl (C=O) groups is 1. The molecule has 0 saturated heterocycles. The summed E-state index contributed by atoms with van der Waals surface area (Å²) in [4.78, 5) is 9.94. The van der Waals surface area contributed by atoms with Crippen LogP contribution in [0.25, 0.3) is 0 Å². The van der Waals surface area contributed by atoms with Crippen molar-refractivity contribution in [3.8, 4) is 0 Å². The largest absolute Gasteiger partial charge is 0.464 e. The zero-order valence-electron chi connectivity index (χ0n) is 6.28. The second-order valence-corrected chi connectivity index (χ2v) is 4.20. The Morgan fingerprint density at radius 3 is 2.50 bits per heavy atom. The van der Waals surface area contributed by atoms with Gasteiger partial charge in [0, 0.05) is 6.54 Å². The first kappa shape index (κ1) is 9.27. The van der Waals surface area contributed by atoms with Crippen molar-refractivity contribution in [2.75, 3.05) is 6.54 Å². The molecular weight excluding hydrogens is 184 g/mol. The maximum atomic E-state index is 10.8. The third kappa shape index (κ3) is 3.54. The van der Waals surface area contributed by atoms with E-state index < -0.39 is 16.3 Å². The molecule has 12 heavy (non-hydrogen) atoms. The van der Waals surface area contributed by atoms with Gasteiger partial charge < -0.3 is 5.11 Å². The van der Waals surface area contributed by atoms with Crippen LogP contribution in [0.15, 0.2) is 0 Å². The standard InChI is InChI=1S/C5H10N2O4S/c8-5(9)7-12(10,11)6-3-4-1-2-4/h4,6-7H,1-3H2,(H,8,9). The van der Waals surface area contributed by atoms with Crippen molar-refractivity contribution in [2.45, 2.75) is 12.8 Å². The number of rotatable bonds is 4. The predicted molar refractivity (Wildman–Crippen MR) is 40.8 cm³/mol. The Bertz CT molecular complexity index is 269. The van der Waals surface area contributed by atoms with Gasteiger partial charge in [-0.05, 0) is 18.8 Å². The van der Waals surface area contributed by atoms with E-state index >= 15 is 0 Å². The molecule has 0 aromatic heterocycles. The molecule has 0 radical (unpaired) electrons. The first-order chi connectivity index (χ1) is 5.49. The van der Waals surface area contributed by atoms with E-state index in [-0.39, 0.29) is 0 Å². The summed E-state index contributed by atoms with van der Waals surface area (Å²) < 4.78 is 25.1. The molecule has 0 atom stereocenters. The van der Waals surface area contributed by atoms with E-state index in [0.29, 0.717) is 12.5 Å². The smallest absolute Gasteiger partial charge is 0.419 e. The summed E-state index contributed by atoms with van der Waals surface area (Å²) in [6, 6.07) is 0. The zero-order valence-corrected chi connectivity index (χ0v) is 7.10. The fourth-order valence-electron chi connectivity index (χ4n) is 0.701. The molecule has 1 fully saturated rings. The summed E-state index contributed by atoms with van der Waals surface area (Å²) in [6.07, 6.45) is 0.448. The molecule has 70 valence electrons. The Hall–Kier alpha value is -0.820. The molecule has 3 N–H and O–H groups in total. The van der Waals surface area contributed by atoms with E-state index in [1.807, 2.05) is 0 Å². The highest BCUT2D eigenvalue weighted by atomic mass is 32.2. The highest BCUT2D eigenvalue weighted by Gasteiger charge is 2.23. The Labute approximate surface area is 70.1 Å². The highest BCUT2D eigenvalue weighted by Crippen LogP contribution is 2.27. The third-order valence-corrected chi connectivity index (χ3v) is 2.47. The summed E-state index contributed by atoms with van der Waals surface area (Å²) in [5.74, 6) is 0.385. The van der Waals surface area contributed by atoms with Crippen molar-refractivity contribution in [1.29, 1.82) is 0 Å². The topological polar surface area (TPSA) is 95.5 Å². The van der Waals surface area contributed by atoms with E-state index in [1.165, 1.54) is 4.72 Å². The first-order valence-corrected chi connectivity index (χ1v) is 4.98. The Morgan fingerprint density at radius 1 is 1.50 bits per heavy atom. The molecule has 7 heteroatoms. The number of hydrogen-bond acceptors (Lipinski definition) is 3. The minimum absolute atomic E-state index is 0.322. The average molecular weight is 194 g/mol. The van der Waals surface area contributed by atoms with Crippen LogP contribution in [-0.2, 0) is 10.2 Å². The van der Waals surface area contributed by atoms with Crippen LogP contribution in [0.1, 0.15) is 12.8 Å². The SMILES string of the molecule is O=C(O)NS(=O)(=O)NCC1CC1. The minimum Gasteiger partial charge on any atom is -0.464 e. The van der Waals surface area contributed by atoms with Gasteiger partial charge in [-0.2, -0.15) is 13.1 Å². The molecule has 1 aliphatic carbocycles. The lowest BCUT2D eigenvalue weighted by molar-refractivity contribution is 0.201. The van der Waals surface area contributed by atoms with Crippen molar-refractivity contribution in [1.82, 2.24) is 9.44 Å². The molecule has 0 aromatic carbocycles. The summed E-state index contributed by atoms with van der Waals surface area (Å²) in [7, 11) is -3.84. The Kier molecular flexibility index (Phi) is 2.53. The van der Waals surface area contributed by atoms with Crippen LogP contribution in [0.3, 0.4) is 0 Å². The van der Waals surface area contributed by atoms with Crippen LogP contribution in [0.2, 0.25) is 0 Å². The van der Waals surface area contributed by atoms with Crippen LogP contribution in [0.5, 0.6) is 0 Å². The molecule has 0 unspecified atom stereocenters. The molecule has 0 bridgehead atoms. The highest BCUT2D eigenvalue weighted by molar-refractivity contribution is 7.88. The van der Waals surface area contributed by atoms with Crippen LogP contribution in [-0.4, -0.2) is 26.2 Å². The van der Waals surface area contributed by atoms with E-state index in [4.69, 9.17) is 5.11 Å². The zero-order chi connectivity index (χ0) is 9.19. The lowest BCUT2D eigenvalue weighted by Crippen LogP contribution is -2.40. The summed E-state index contributed by atoms with van der Waals surface area (Å²) in [5, 5.41) is 8.10. The monoisotopic (exact) mass is 194 g/mol. The quantitative estimate of drug-likeness (QED) is 0.562. The maximum Gasteiger partial charge on any atom is 0.419 e. The molecule has 0 spiro atoms. The van der Waals surface area contributed by atoms with Crippen molar-refractivity contribution in [2.24, 2.45) is 5.92 Å². The Balaban J connectivity index is 2.31. The fraction of sp³-hybridized carbons (Fsp3) is 0.800. The van der Waals surface area contributed by atoms with Gasteiger partial charge in [-0.3, -0.25) is 0 Å². The van der Waals surface area contributed by atoms with Crippen molar-refractivity contribution in [3.05, 3.63) is 0 Å². The number of nitrogens with one attached hydrogen (secondary N) is 2. The molecule has 1 amide bonds. The normalized spacial score (nSPS) is 17.3. The van der Waals surface area contributed by atoms with Gasteiger partial charge in [0.15, 0.2) is 0 Å².